The van der Waals surface area contributed by atoms with Gasteiger partial charge in [0, 0.05) is 24.0 Å². The molecule has 0 saturated carbocycles. The number of hydrogen-bond donors (Lipinski definition) is 1. The van der Waals surface area contributed by atoms with E-state index in [2.05, 4.69) is 20.7 Å². The number of nitrogens with one attached hydrogen (secondary N) is 1. The van der Waals surface area contributed by atoms with E-state index in [0.29, 0.717) is 0 Å². The summed E-state index contributed by atoms with van der Waals surface area (Å²) in [5.41, 5.74) is 1.11. The normalized spacial score (nSPS) is 17.0. The van der Waals surface area contributed by atoms with E-state index in [4.69, 9.17) is 0 Å². The predicted octanol–water partition coefficient (Wildman–Crippen LogP) is 2.51. The van der Waals surface area contributed by atoms with Gasteiger partial charge in [-0.2, -0.15) is 0 Å². The lowest BCUT2D eigenvalue weighted by atomic mass is 10.2. The van der Waals surface area contributed by atoms with Crippen molar-refractivity contribution in [3.8, 4) is 0 Å². The number of aryl methyl sites for hydroxylation is 1. The summed E-state index contributed by atoms with van der Waals surface area (Å²) in [6.45, 7) is 3.85. The van der Waals surface area contributed by atoms with E-state index in [0.717, 1.165) is 30.2 Å². The summed E-state index contributed by atoms with van der Waals surface area (Å²) >= 11 is 1.71. The highest BCUT2D eigenvalue weighted by molar-refractivity contribution is 7.09. The first-order chi connectivity index (χ1) is 7.34. The van der Waals surface area contributed by atoms with Crippen molar-refractivity contribution in [3.05, 3.63) is 16.1 Å². The summed E-state index contributed by atoms with van der Waals surface area (Å²) in [6, 6.07) is 0. The van der Waals surface area contributed by atoms with Crippen LogP contribution in [-0.2, 0) is 6.54 Å². The molecular formula is C11H17N3S. The van der Waals surface area contributed by atoms with Crippen LogP contribution >= 0.6 is 11.3 Å². The zero-order chi connectivity index (χ0) is 10.5. The van der Waals surface area contributed by atoms with Crippen LogP contribution in [0.5, 0.6) is 0 Å². The lowest BCUT2D eigenvalue weighted by molar-refractivity contribution is 0.728. The van der Waals surface area contributed by atoms with Gasteiger partial charge in [0.15, 0.2) is 0 Å². The Morgan fingerprint density at radius 2 is 2.33 bits per heavy atom. The highest BCUT2D eigenvalue weighted by atomic mass is 32.1. The first-order valence-electron chi connectivity index (χ1n) is 5.53. The van der Waals surface area contributed by atoms with Crippen molar-refractivity contribution in [2.45, 2.75) is 39.2 Å². The summed E-state index contributed by atoms with van der Waals surface area (Å²) in [5.74, 6) is 1.17. The lowest BCUT2D eigenvalue weighted by Crippen LogP contribution is -2.22. The fraction of sp³-hybridized carbons (Fsp3) is 0.636. The molecule has 1 aliphatic heterocycles. The summed E-state index contributed by atoms with van der Waals surface area (Å²) in [4.78, 5) is 8.95. The van der Waals surface area contributed by atoms with E-state index in [1.807, 2.05) is 6.92 Å². The number of hydrogen-bond acceptors (Lipinski definition) is 4. The molecule has 1 aliphatic rings. The maximum atomic E-state index is 4.53. The van der Waals surface area contributed by atoms with Crippen molar-refractivity contribution in [1.29, 1.82) is 0 Å². The molecule has 4 heteroatoms. The van der Waals surface area contributed by atoms with Crippen molar-refractivity contribution < 1.29 is 0 Å². The van der Waals surface area contributed by atoms with E-state index in [1.54, 1.807) is 11.3 Å². The van der Waals surface area contributed by atoms with Crippen LogP contribution in [0.15, 0.2) is 10.4 Å². The second-order valence-corrected chi connectivity index (χ2v) is 4.82. The molecule has 1 aromatic rings. The molecule has 0 atom stereocenters. The Balaban J connectivity index is 1.84. The Bertz CT molecular complexity index is 343. The van der Waals surface area contributed by atoms with Crippen molar-refractivity contribution in [1.82, 2.24) is 10.3 Å². The van der Waals surface area contributed by atoms with Gasteiger partial charge >= 0.3 is 0 Å². The van der Waals surface area contributed by atoms with Crippen molar-refractivity contribution in [2.24, 2.45) is 4.99 Å². The summed E-state index contributed by atoms with van der Waals surface area (Å²) < 4.78 is 0. The van der Waals surface area contributed by atoms with Crippen LogP contribution in [0.2, 0.25) is 0 Å². The minimum absolute atomic E-state index is 0.831. The highest BCUT2D eigenvalue weighted by Gasteiger charge is 2.04. The van der Waals surface area contributed by atoms with Gasteiger partial charge in [0.1, 0.15) is 5.01 Å². The highest BCUT2D eigenvalue weighted by Crippen LogP contribution is 2.10. The Labute approximate surface area is 94.7 Å². The van der Waals surface area contributed by atoms with Gasteiger partial charge in [-0.1, -0.05) is 6.42 Å². The van der Waals surface area contributed by atoms with E-state index >= 15 is 0 Å². The molecule has 0 fully saturated rings. The van der Waals surface area contributed by atoms with Gasteiger partial charge < -0.3 is 5.32 Å². The maximum absolute atomic E-state index is 4.53. The molecule has 0 saturated heterocycles. The number of aliphatic imine (C=N–C) groups is 1. The topological polar surface area (TPSA) is 37.3 Å². The number of amidine groups is 1. The van der Waals surface area contributed by atoms with Gasteiger partial charge in [-0.05, 0) is 19.8 Å². The molecule has 1 aromatic heterocycles. The van der Waals surface area contributed by atoms with Crippen LogP contribution in [0.3, 0.4) is 0 Å². The molecule has 3 nitrogen and oxygen atoms in total. The van der Waals surface area contributed by atoms with Gasteiger partial charge in [-0.25, -0.2) is 4.98 Å². The zero-order valence-corrected chi connectivity index (χ0v) is 9.94. The largest absolute Gasteiger partial charge is 0.367 e. The average Bonchev–Trinajstić information content (AvgIpc) is 2.52. The third-order valence-corrected chi connectivity index (χ3v) is 3.45. The molecule has 15 heavy (non-hydrogen) atoms. The molecule has 0 radical (unpaired) electrons. The third-order valence-electron chi connectivity index (χ3n) is 2.48. The predicted molar refractivity (Wildman–Crippen MR) is 64.5 cm³/mol. The number of aromatic nitrogens is 1. The molecule has 0 aliphatic carbocycles. The smallest absolute Gasteiger partial charge is 0.112 e. The van der Waals surface area contributed by atoms with E-state index in [-0.39, 0.29) is 0 Å². The molecule has 0 aromatic carbocycles. The van der Waals surface area contributed by atoms with Gasteiger partial charge in [-0.3, -0.25) is 4.99 Å². The zero-order valence-electron chi connectivity index (χ0n) is 9.12. The molecule has 0 amide bonds. The lowest BCUT2D eigenvalue weighted by Gasteiger charge is -2.05. The van der Waals surface area contributed by atoms with Gasteiger partial charge in [0.05, 0.1) is 12.4 Å². The fourth-order valence-electron chi connectivity index (χ4n) is 1.68. The molecule has 0 unspecified atom stereocenters. The Morgan fingerprint density at radius 1 is 1.40 bits per heavy atom. The Morgan fingerprint density at radius 3 is 3.13 bits per heavy atom. The molecule has 2 heterocycles. The van der Waals surface area contributed by atoms with Crippen LogP contribution in [0, 0.1) is 6.92 Å². The van der Waals surface area contributed by atoms with Crippen LogP contribution in [-0.4, -0.2) is 17.4 Å². The SMILES string of the molecule is Cc1csc(CNC2=NCCCCC2)n1. The minimum Gasteiger partial charge on any atom is -0.367 e. The quantitative estimate of drug-likeness (QED) is 0.836. The number of rotatable bonds is 2. The molecular weight excluding hydrogens is 206 g/mol. The van der Waals surface area contributed by atoms with E-state index in [9.17, 15) is 0 Å². The number of thiazole rings is 1. The van der Waals surface area contributed by atoms with Crippen LogP contribution in [0.4, 0.5) is 0 Å². The van der Waals surface area contributed by atoms with Gasteiger partial charge in [-0.15, -0.1) is 11.3 Å². The van der Waals surface area contributed by atoms with Gasteiger partial charge in [0.2, 0.25) is 0 Å². The summed E-state index contributed by atoms with van der Waals surface area (Å²) in [6.07, 6.45) is 4.92. The van der Waals surface area contributed by atoms with Crippen LogP contribution in [0.25, 0.3) is 0 Å². The second kappa shape index (κ2) is 5.26. The Kier molecular flexibility index (Phi) is 3.72. The molecule has 0 spiro atoms. The molecule has 1 N–H and O–H groups in total. The van der Waals surface area contributed by atoms with Crippen molar-refractivity contribution in [2.75, 3.05) is 6.54 Å². The molecule has 82 valence electrons. The monoisotopic (exact) mass is 223 g/mol. The first-order valence-corrected chi connectivity index (χ1v) is 6.41. The van der Waals surface area contributed by atoms with Crippen molar-refractivity contribution in [3.63, 3.8) is 0 Å². The molecule has 0 bridgehead atoms. The molecule has 2 rings (SSSR count). The third kappa shape index (κ3) is 3.30. The number of nitrogens with zero attached hydrogens (tertiary/aromatic N) is 2. The van der Waals surface area contributed by atoms with E-state index in [1.165, 1.54) is 25.1 Å². The van der Waals surface area contributed by atoms with Gasteiger partial charge in [0.25, 0.3) is 0 Å². The first kappa shape index (κ1) is 10.6. The standard InChI is InChI=1S/C11H17N3S/c1-9-8-15-11(14-9)7-13-10-5-3-2-4-6-12-10/h8H,2-7H2,1H3,(H,12,13). The minimum atomic E-state index is 0.831. The van der Waals surface area contributed by atoms with Crippen LogP contribution in [0.1, 0.15) is 36.4 Å². The maximum Gasteiger partial charge on any atom is 0.112 e. The van der Waals surface area contributed by atoms with Crippen LogP contribution < -0.4 is 5.32 Å². The Hall–Kier alpha value is -0.900. The second-order valence-electron chi connectivity index (χ2n) is 3.88. The fourth-order valence-corrected chi connectivity index (χ4v) is 2.39. The average molecular weight is 223 g/mol. The van der Waals surface area contributed by atoms with Crippen molar-refractivity contribution >= 4 is 17.2 Å². The van der Waals surface area contributed by atoms with E-state index < -0.39 is 0 Å². The summed E-state index contributed by atoms with van der Waals surface area (Å²) in [7, 11) is 0. The summed E-state index contributed by atoms with van der Waals surface area (Å²) in [5, 5.41) is 6.63.